The van der Waals surface area contributed by atoms with Crippen LogP contribution in [0.25, 0.3) is 22.0 Å². The predicted molar refractivity (Wildman–Crippen MR) is 134 cm³/mol. The molecule has 0 fully saturated rings. The summed E-state index contributed by atoms with van der Waals surface area (Å²) in [5.41, 5.74) is 3.27. The summed E-state index contributed by atoms with van der Waals surface area (Å²) in [6, 6.07) is 17.7. The standard InChI is InChI=1S/C22H16Cl2N2O2.C3H5N3/c1-26-20-12-25-19(22(28)13-5-7-15(23)8-6-13)10-18(20)17(11-21(26)27)14-3-2-4-16(24)9-14;1-6-3-2-4-5-6/h2-12,22,28H,1H3;2-3H,1H3. The highest BCUT2D eigenvalue weighted by atomic mass is 35.5. The molecule has 0 saturated heterocycles. The third-order valence-electron chi connectivity index (χ3n) is 5.30. The largest absolute Gasteiger partial charge is 0.382 e. The Labute approximate surface area is 205 Å². The van der Waals surface area contributed by atoms with E-state index in [0.717, 1.165) is 16.5 Å². The van der Waals surface area contributed by atoms with Gasteiger partial charge in [0.2, 0.25) is 0 Å². The highest BCUT2D eigenvalue weighted by Crippen LogP contribution is 2.31. The fourth-order valence-electron chi connectivity index (χ4n) is 3.49. The van der Waals surface area contributed by atoms with Crippen molar-refractivity contribution in [3.63, 3.8) is 0 Å². The molecule has 7 nitrogen and oxygen atoms in total. The molecule has 0 amide bonds. The van der Waals surface area contributed by atoms with Gasteiger partial charge in [0.1, 0.15) is 6.10 Å². The van der Waals surface area contributed by atoms with Crippen molar-refractivity contribution < 1.29 is 5.11 Å². The summed E-state index contributed by atoms with van der Waals surface area (Å²) in [6.07, 6.45) is 4.12. The number of aliphatic hydroxyl groups excluding tert-OH is 1. The minimum atomic E-state index is -0.911. The number of benzene rings is 2. The number of halogens is 2. The zero-order valence-electron chi connectivity index (χ0n) is 18.4. The number of aromatic nitrogens is 5. The SMILES string of the molecule is Cn1c(=O)cc(-c2cccc(Cl)c2)c2cc(C(O)c3ccc(Cl)cc3)ncc21.Cn1ccnn1. The lowest BCUT2D eigenvalue weighted by atomic mass is 9.99. The predicted octanol–water partition coefficient (Wildman–Crippen LogP) is 4.80. The fraction of sp³-hybridized carbons (Fsp3) is 0.120. The Morgan fingerprint density at radius 2 is 1.74 bits per heavy atom. The Hall–Kier alpha value is -3.52. The van der Waals surface area contributed by atoms with Gasteiger partial charge in [0.15, 0.2) is 0 Å². The molecule has 5 aromatic rings. The Bertz CT molecular complexity index is 1480. The van der Waals surface area contributed by atoms with Crippen LogP contribution in [-0.2, 0) is 14.1 Å². The summed E-state index contributed by atoms with van der Waals surface area (Å²) in [7, 11) is 3.52. The van der Waals surface area contributed by atoms with E-state index in [9.17, 15) is 9.90 Å². The normalized spacial score (nSPS) is 11.7. The van der Waals surface area contributed by atoms with Gasteiger partial charge in [0, 0.05) is 41.8 Å². The van der Waals surface area contributed by atoms with Crippen LogP contribution >= 0.6 is 23.2 Å². The van der Waals surface area contributed by atoms with E-state index < -0.39 is 6.10 Å². The van der Waals surface area contributed by atoms with Gasteiger partial charge in [-0.1, -0.05) is 52.7 Å². The lowest BCUT2D eigenvalue weighted by Gasteiger charge is -2.15. The summed E-state index contributed by atoms with van der Waals surface area (Å²) < 4.78 is 3.18. The number of fused-ring (bicyclic) bond motifs is 1. The van der Waals surface area contributed by atoms with E-state index in [-0.39, 0.29) is 5.56 Å². The second kappa shape index (κ2) is 10.2. The molecule has 34 heavy (non-hydrogen) atoms. The topological polar surface area (TPSA) is 85.8 Å². The zero-order valence-corrected chi connectivity index (χ0v) is 19.9. The lowest BCUT2D eigenvalue weighted by Crippen LogP contribution is -2.17. The molecule has 5 rings (SSSR count). The van der Waals surface area contributed by atoms with Crippen LogP contribution in [0.1, 0.15) is 17.4 Å². The molecule has 0 radical (unpaired) electrons. The summed E-state index contributed by atoms with van der Waals surface area (Å²) in [4.78, 5) is 16.8. The number of rotatable bonds is 3. The van der Waals surface area contributed by atoms with Crippen molar-refractivity contribution in [2.45, 2.75) is 6.10 Å². The Morgan fingerprint density at radius 3 is 2.35 bits per heavy atom. The smallest absolute Gasteiger partial charge is 0.251 e. The third-order valence-corrected chi connectivity index (χ3v) is 5.78. The number of nitrogens with zero attached hydrogens (tertiary/aromatic N) is 5. The Morgan fingerprint density at radius 1 is 0.971 bits per heavy atom. The highest BCUT2D eigenvalue weighted by Gasteiger charge is 2.16. The van der Waals surface area contributed by atoms with Gasteiger partial charge >= 0.3 is 0 Å². The number of aliphatic hydroxyl groups is 1. The monoisotopic (exact) mass is 493 g/mol. The van der Waals surface area contributed by atoms with E-state index >= 15 is 0 Å². The molecule has 0 aliphatic carbocycles. The second-order valence-electron chi connectivity index (χ2n) is 7.62. The molecule has 1 N–H and O–H groups in total. The van der Waals surface area contributed by atoms with Crippen LogP contribution in [0, 0.1) is 0 Å². The summed E-state index contributed by atoms with van der Waals surface area (Å²) in [5.74, 6) is 0. The van der Waals surface area contributed by atoms with Crippen LogP contribution in [0.15, 0.2) is 84.0 Å². The van der Waals surface area contributed by atoms with Crippen molar-refractivity contribution in [1.82, 2.24) is 24.5 Å². The van der Waals surface area contributed by atoms with Crippen molar-refractivity contribution in [2.24, 2.45) is 14.1 Å². The van der Waals surface area contributed by atoms with E-state index in [1.165, 1.54) is 4.57 Å². The molecular weight excluding hydrogens is 473 g/mol. The minimum absolute atomic E-state index is 0.143. The summed E-state index contributed by atoms with van der Waals surface area (Å²) >= 11 is 12.1. The van der Waals surface area contributed by atoms with Crippen LogP contribution in [0.2, 0.25) is 10.0 Å². The minimum Gasteiger partial charge on any atom is -0.382 e. The maximum atomic E-state index is 12.4. The van der Waals surface area contributed by atoms with E-state index in [2.05, 4.69) is 15.3 Å². The van der Waals surface area contributed by atoms with Gasteiger partial charge in [-0.25, -0.2) is 0 Å². The lowest BCUT2D eigenvalue weighted by molar-refractivity contribution is 0.215. The molecule has 3 aromatic heterocycles. The molecule has 0 spiro atoms. The van der Waals surface area contributed by atoms with E-state index in [1.807, 2.05) is 31.3 Å². The van der Waals surface area contributed by atoms with E-state index in [1.54, 1.807) is 66.7 Å². The highest BCUT2D eigenvalue weighted by molar-refractivity contribution is 6.31. The first kappa shape index (κ1) is 23.6. The number of hydrogen-bond donors (Lipinski definition) is 1. The number of pyridine rings is 2. The zero-order chi connectivity index (χ0) is 24.2. The van der Waals surface area contributed by atoms with Crippen LogP contribution in [0.5, 0.6) is 0 Å². The molecule has 172 valence electrons. The van der Waals surface area contributed by atoms with Crippen molar-refractivity contribution in [3.8, 4) is 11.1 Å². The summed E-state index contributed by atoms with van der Waals surface area (Å²) in [6.45, 7) is 0. The van der Waals surface area contributed by atoms with Gasteiger partial charge in [-0.15, -0.1) is 5.10 Å². The van der Waals surface area contributed by atoms with Gasteiger partial charge in [-0.3, -0.25) is 14.5 Å². The van der Waals surface area contributed by atoms with Crippen molar-refractivity contribution in [2.75, 3.05) is 0 Å². The van der Waals surface area contributed by atoms with Crippen LogP contribution in [0.3, 0.4) is 0 Å². The fourth-order valence-corrected chi connectivity index (χ4v) is 3.81. The number of aryl methyl sites for hydroxylation is 2. The summed E-state index contributed by atoms with van der Waals surface area (Å²) in [5, 5.41) is 19.9. The first-order valence-electron chi connectivity index (χ1n) is 10.3. The van der Waals surface area contributed by atoms with Gasteiger partial charge in [-0.05, 0) is 47.0 Å². The molecule has 2 aromatic carbocycles. The molecule has 9 heteroatoms. The molecular formula is C25H21Cl2N5O2. The van der Waals surface area contributed by atoms with Gasteiger partial charge in [0.05, 0.1) is 23.6 Å². The molecule has 0 saturated carbocycles. The molecule has 0 aliphatic rings. The Balaban J connectivity index is 0.000000398. The maximum absolute atomic E-state index is 12.4. The van der Waals surface area contributed by atoms with Crippen LogP contribution in [-0.4, -0.2) is 29.7 Å². The van der Waals surface area contributed by atoms with Gasteiger partial charge in [-0.2, -0.15) is 0 Å². The average Bonchev–Trinajstić information content (AvgIpc) is 3.32. The molecule has 3 heterocycles. The molecule has 0 aliphatic heterocycles. The first-order chi connectivity index (χ1) is 16.3. The van der Waals surface area contributed by atoms with Gasteiger partial charge in [0.25, 0.3) is 5.56 Å². The molecule has 0 bridgehead atoms. The second-order valence-corrected chi connectivity index (χ2v) is 8.50. The van der Waals surface area contributed by atoms with E-state index in [0.29, 0.717) is 26.8 Å². The first-order valence-corrected chi connectivity index (χ1v) is 11.1. The quantitative estimate of drug-likeness (QED) is 0.389. The maximum Gasteiger partial charge on any atom is 0.251 e. The molecule has 1 unspecified atom stereocenters. The van der Waals surface area contributed by atoms with Crippen molar-refractivity contribution >= 4 is 34.1 Å². The number of hydrogen-bond acceptors (Lipinski definition) is 5. The average molecular weight is 494 g/mol. The Kier molecular flexibility index (Phi) is 7.07. The van der Waals surface area contributed by atoms with Crippen LogP contribution in [0.4, 0.5) is 0 Å². The van der Waals surface area contributed by atoms with Crippen LogP contribution < -0.4 is 5.56 Å². The third kappa shape index (κ3) is 5.17. The van der Waals surface area contributed by atoms with E-state index in [4.69, 9.17) is 23.2 Å². The van der Waals surface area contributed by atoms with Crippen molar-refractivity contribution in [3.05, 3.63) is 111 Å². The molecule has 1 atom stereocenters. The van der Waals surface area contributed by atoms with Gasteiger partial charge < -0.3 is 9.67 Å². The van der Waals surface area contributed by atoms with Crippen molar-refractivity contribution in [1.29, 1.82) is 0 Å².